The van der Waals surface area contributed by atoms with Crippen molar-refractivity contribution in [1.29, 1.82) is 0 Å². The SMILES string of the molecule is C=COC(=O)N1CCc2c([nH]c3ccc(Cl)cc23)C1c1ccc(OCCCn2cncn2)cc1.COCCOC(=O)N1CCc2c([nH]c3ccc(Cl)cc23)C1c1ccc(OCCCCNCCO)cc1.O=C(OCc1ccccc1)N1CCc2c([nH]c3ccc(Cl)cc23)C1c1ccc(OCCCn2ccnc2)cc1.O=C(Oc1ccc(F)cc1)N1CCc2c([nH]c3ccc(Cl)cc23)C1c1ccc(OCCCCCCCl)cc1. The Morgan fingerprint density at radius 2 is 0.850 bits per heavy atom. The number of aromatic amines is 4. The predicted molar refractivity (Wildman–Crippen MR) is 569 cm³/mol. The van der Waals surface area contributed by atoms with Crippen molar-refractivity contribution in [2.75, 3.05) is 98.5 Å². The van der Waals surface area contributed by atoms with E-state index in [1.807, 2.05) is 222 Å². The lowest BCUT2D eigenvalue weighted by molar-refractivity contribution is 0.0629. The quantitative estimate of drug-likeness (QED) is 0.00920. The summed E-state index contributed by atoms with van der Waals surface area (Å²) in [5.74, 6) is 3.73. The number of methoxy groups -OCH3 is 1. The molecular formula is C113H116Cl5FN14O14. The number of nitrogens with zero attached hydrogens (tertiary/aromatic N) is 9. The molecule has 764 valence electrons. The number of amides is 4. The molecule has 34 heteroatoms. The number of hydrogen-bond donors (Lipinski definition) is 6. The zero-order valence-corrected chi connectivity index (χ0v) is 85.2. The van der Waals surface area contributed by atoms with Crippen molar-refractivity contribution in [3.8, 4) is 28.7 Å². The highest BCUT2D eigenvalue weighted by Gasteiger charge is 2.41. The Labute approximate surface area is 876 Å². The van der Waals surface area contributed by atoms with Gasteiger partial charge in [-0.25, -0.2) is 33.5 Å². The molecule has 4 atom stereocenters. The molecule has 10 heterocycles. The first kappa shape index (κ1) is 104. The highest BCUT2D eigenvalue weighted by Crippen LogP contribution is 2.46. The van der Waals surface area contributed by atoms with E-state index in [0.717, 1.165) is 200 Å². The maximum atomic E-state index is 13.4. The minimum atomic E-state index is -0.499. The Hall–Kier alpha value is -14.0. The molecule has 0 bridgehead atoms. The van der Waals surface area contributed by atoms with Crippen molar-refractivity contribution in [3.63, 3.8) is 0 Å². The van der Waals surface area contributed by atoms with E-state index < -0.39 is 18.2 Å². The molecule has 10 aromatic carbocycles. The van der Waals surface area contributed by atoms with Crippen LogP contribution in [0.4, 0.5) is 23.6 Å². The number of aliphatic hydroxyl groups excluding tert-OH is 1. The van der Waals surface area contributed by atoms with Gasteiger partial charge in [0.2, 0.25) is 0 Å². The van der Waals surface area contributed by atoms with Gasteiger partial charge in [0.25, 0.3) is 0 Å². The van der Waals surface area contributed by atoms with Crippen molar-refractivity contribution in [3.05, 3.63) is 367 Å². The third-order valence-corrected chi connectivity index (χ3v) is 27.5. The molecule has 28 nitrogen and oxygen atoms in total. The zero-order valence-electron chi connectivity index (χ0n) is 81.4. The Morgan fingerprint density at radius 3 is 1.26 bits per heavy atom. The van der Waals surface area contributed by atoms with Crippen LogP contribution in [0.15, 0.2) is 269 Å². The summed E-state index contributed by atoms with van der Waals surface area (Å²) in [6, 6.07) is 68.6. The molecule has 6 N–H and O–H groups in total. The molecule has 0 radical (unpaired) electrons. The van der Waals surface area contributed by atoms with E-state index in [4.69, 9.17) is 106 Å². The van der Waals surface area contributed by atoms with Crippen LogP contribution in [0.1, 0.15) is 148 Å². The average molecular weight is 2090 g/mol. The molecule has 4 unspecified atom stereocenters. The summed E-state index contributed by atoms with van der Waals surface area (Å²) in [5, 5.41) is 23.1. The summed E-state index contributed by atoms with van der Waals surface area (Å²) in [6.45, 7) is 12.0. The van der Waals surface area contributed by atoms with Crippen molar-refractivity contribution < 1.29 is 71.3 Å². The van der Waals surface area contributed by atoms with Crippen LogP contribution in [-0.4, -0.2) is 192 Å². The Kier molecular flexibility index (Phi) is 36.5. The number of imidazole rings is 1. The van der Waals surface area contributed by atoms with Gasteiger partial charge in [0.1, 0.15) is 84.6 Å². The van der Waals surface area contributed by atoms with Gasteiger partial charge in [-0.1, -0.05) is 145 Å². The number of nitrogens with one attached hydrogen (secondary N) is 5. The van der Waals surface area contributed by atoms with Gasteiger partial charge in [-0.3, -0.25) is 24.3 Å². The predicted octanol–water partition coefficient (Wildman–Crippen LogP) is 24.5. The number of benzene rings is 10. The third-order valence-electron chi connectivity index (χ3n) is 26.3. The van der Waals surface area contributed by atoms with Crippen molar-refractivity contribution in [1.82, 2.24) is 69.2 Å². The second-order valence-corrected chi connectivity index (χ2v) is 38.0. The largest absolute Gasteiger partial charge is 0.494 e. The maximum Gasteiger partial charge on any atom is 0.416 e. The molecule has 0 fully saturated rings. The monoisotopic (exact) mass is 2090 g/mol. The molecule has 147 heavy (non-hydrogen) atoms. The zero-order chi connectivity index (χ0) is 102. The van der Waals surface area contributed by atoms with Crippen LogP contribution in [0, 0.1) is 5.82 Å². The number of ether oxygens (including phenoxy) is 9. The molecular weight excluding hydrogens is 1970 g/mol. The Morgan fingerprint density at radius 1 is 0.442 bits per heavy atom. The number of unbranched alkanes of at least 4 members (excludes halogenated alkanes) is 4. The molecule has 4 amide bonds. The van der Waals surface area contributed by atoms with Gasteiger partial charge < -0.3 is 77.6 Å². The van der Waals surface area contributed by atoms with Gasteiger partial charge in [0.15, 0.2) is 0 Å². The lowest BCUT2D eigenvalue weighted by Crippen LogP contribution is -2.42. The average Bonchev–Trinajstić information content (AvgIpc) is 1.62. The number of aromatic nitrogens is 9. The number of carbonyl (C=O) groups excluding carboxylic acids is 4. The van der Waals surface area contributed by atoms with Crippen LogP contribution in [0.3, 0.4) is 0 Å². The number of alkyl halides is 1. The third kappa shape index (κ3) is 26.5. The number of rotatable bonds is 36. The molecule has 16 aromatic rings. The highest BCUT2D eigenvalue weighted by atomic mass is 35.5. The Balaban J connectivity index is 0.000000134. The fraction of sp³-hybridized carbons (Fsp3) is 0.301. The van der Waals surface area contributed by atoms with Crippen molar-refractivity contribution in [2.24, 2.45) is 0 Å². The van der Waals surface area contributed by atoms with Crippen LogP contribution >= 0.6 is 58.0 Å². The number of hydrogen-bond acceptors (Lipinski definition) is 18. The summed E-state index contributed by atoms with van der Waals surface area (Å²) in [7, 11) is 1.58. The van der Waals surface area contributed by atoms with Gasteiger partial charge in [0, 0.05) is 164 Å². The molecule has 0 aliphatic carbocycles. The second-order valence-electron chi connectivity index (χ2n) is 35.9. The van der Waals surface area contributed by atoms with Crippen molar-refractivity contribution in [2.45, 2.75) is 121 Å². The van der Waals surface area contributed by atoms with Crippen LogP contribution in [0.25, 0.3) is 43.6 Å². The number of H-pyrrole nitrogens is 4. The van der Waals surface area contributed by atoms with E-state index in [1.165, 1.54) is 47.3 Å². The Bertz CT molecular complexity index is 7040. The molecule has 0 spiro atoms. The first-order chi connectivity index (χ1) is 71.9. The molecule has 20 rings (SSSR count). The summed E-state index contributed by atoms with van der Waals surface area (Å²) in [4.78, 5) is 81.7. The van der Waals surface area contributed by atoms with Gasteiger partial charge in [-0.15, -0.1) is 11.6 Å². The highest BCUT2D eigenvalue weighted by molar-refractivity contribution is 6.32. The first-order valence-corrected chi connectivity index (χ1v) is 51.5. The van der Waals surface area contributed by atoms with Gasteiger partial charge >= 0.3 is 24.4 Å². The smallest absolute Gasteiger partial charge is 0.416 e. The number of aryl methyl sites for hydroxylation is 2. The van der Waals surface area contributed by atoms with Crippen LogP contribution in [-0.2, 0) is 64.3 Å². The first-order valence-electron chi connectivity index (χ1n) is 49.4. The van der Waals surface area contributed by atoms with E-state index in [1.54, 1.807) is 39.0 Å². The summed E-state index contributed by atoms with van der Waals surface area (Å²) >= 11 is 30.9. The topological polar surface area (TPSA) is 308 Å². The normalized spacial score (nSPS) is 15.0. The van der Waals surface area contributed by atoms with Crippen LogP contribution in [0.2, 0.25) is 20.1 Å². The minimum Gasteiger partial charge on any atom is -0.494 e. The van der Waals surface area contributed by atoms with E-state index in [0.29, 0.717) is 123 Å². The van der Waals surface area contributed by atoms with Gasteiger partial charge in [-0.05, 0) is 260 Å². The van der Waals surface area contributed by atoms with E-state index in [2.05, 4.69) is 46.9 Å². The maximum absolute atomic E-state index is 13.4. The number of halogens is 6. The van der Waals surface area contributed by atoms with Crippen LogP contribution < -0.4 is 29.0 Å². The minimum absolute atomic E-state index is 0.153. The number of aliphatic hydroxyl groups is 1. The number of carbonyl (C=O) groups is 4. The van der Waals surface area contributed by atoms with E-state index in [-0.39, 0.29) is 55.9 Å². The molecule has 4 aliphatic rings. The number of fused-ring (bicyclic) bond motifs is 12. The van der Waals surface area contributed by atoms with E-state index >= 15 is 0 Å². The summed E-state index contributed by atoms with van der Waals surface area (Å²) in [6.07, 6.45) is 18.8. The lowest BCUT2D eigenvalue weighted by atomic mass is 9.92. The second kappa shape index (κ2) is 51.4. The molecule has 0 saturated carbocycles. The molecule has 0 saturated heterocycles. The standard InChI is InChI=1S/C31H29ClN4O3.C30H29Cl2FN2O3.C27H34ClN3O5.C25H24ClN5O3/c32-24-9-12-28-27(19-24)26-13-16-36(31(37)39-20-22-5-2-1-3-6-22)30(29(26)34-28)23-7-10-25(11-8-23)38-18-4-15-35-17-14-33-21-35;31-16-3-1-2-4-18-37-23-10-5-20(6-11-23)29-28-25(26-19-21(32)7-14-27(26)34-28)15-17-35(29)30(36)38-24-12-8-22(33)9-13-24;1-34-16-17-36-27(33)31-13-10-22-23-18-20(28)6-9-24(23)30-25(22)26(31)19-4-7-21(8-5-19)35-15-3-2-11-29-12-14-32;1-2-33-25(32)31-12-10-20-21-14-18(26)6-9-22(21)29-23(20)24(31)17-4-7-19(8-5-17)34-13-3-11-30-16-27-15-28-30/h1-3,5-12,14,17,19,21,30,34H,4,13,15-16,18,20H2;5-14,19,29,34H,1-4,15-18H2;4-9,18,26,29-30,32H,2-3,10-17H2,1H3;2,4-9,14-16,24,29H,1,3,10-13H2. The summed E-state index contributed by atoms with van der Waals surface area (Å²) in [5.41, 5.74) is 17.3. The van der Waals surface area contributed by atoms with E-state index in [9.17, 15) is 23.6 Å². The molecule has 4 aliphatic heterocycles. The fourth-order valence-electron chi connectivity index (χ4n) is 19.2. The fourth-order valence-corrected chi connectivity index (χ4v) is 20.1. The van der Waals surface area contributed by atoms with Crippen LogP contribution in [0.5, 0.6) is 28.7 Å². The van der Waals surface area contributed by atoms with Crippen molar-refractivity contribution >= 4 is 126 Å². The van der Waals surface area contributed by atoms with Gasteiger partial charge in [0.05, 0.1) is 52.2 Å². The molecule has 6 aromatic heterocycles. The lowest BCUT2D eigenvalue weighted by Gasteiger charge is -2.35. The summed E-state index contributed by atoms with van der Waals surface area (Å²) < 4.78 is 67.9. The van der Waals surface area contributed by atoms with Gasteiger partial charge in [-0.2, -0.15) is 5.10 Å².